The van der Waals surface area contributed by atoms with Gasteiger partial charge in [-0.3, -0.25) is 4.79 Å². The summed E-state index contributed by atoms with van der Waals surface area (Å²) in [6.07, 6.45) is 4.31. The Balaban J connectivity index is 1.91. The first kappa shape index (κ1) is 16.0. The second kappa shape index (κ2) is 7.05. The minimum absolute atomic E-state index is 0.0499. The van der Waals surface area contributed by atoms with Crippen LogP contribution in [0.4, 0.5) is 0 Å². The van der Waals surface area contributed by atoms with Crippen molar-refractivity contribution in [1.29, 1.82) is 0 Å². The number of amides is 1. The quantitative estimate of drug-likeness (QED) is 0.843. The highest BCUT2D eigenvalue weighted by Gasteiger charge is 2.33. The maximum absolute atomic E-state index is 12.2. The second-order valence-electron chi connectivity index (χ2n) is 6.48. The van der Waals surface area contributed by atoms with Crippen LogP contribution in [0.15, 0.2) is 24.3 Å². The molecule has 2 rings (SSSR count). The van der Waals surface area contributed by atoms with Crippen molar-refractivity contribution < 1.29 is 9.90 Å². The Morgan fingerprint density at radius 3 is 2.38 bits per heavy atom. The topological polar surface area (TPSA) is 52.6 Å². The molecule has 1 aromatic carbocycles. The molecule has 0 saturated heterocycles. The zero-order valence-corrected chi connectivity index (χ0v) is 13.1. The molecule has 0 heterocycles. The standard InChI is InChI=1S/C17H26N2O2/c1-19(2)11-14-5-7-15(8-6-14)16(21)18-12-17(13-20)9-3-4-10-17/h5-8,20H,3-4,9-13H2,1-2H3,(H,18,21). The fourth-order valence-electron chi connectivity index (χ4n) is 3.01. The molecule has 1 fully saturated rings. The van der Waals surface area contributed by atoms with Gasteiger partial charge in [-0.2, -0.15) is 0 Å². The van der Waals surface area contributed by atoms with E-state index in [0.29, 0.717) is 12.1 Å². The first-order valence-electron chi connectivity index (χ1n) is 7.67. The van der Waals surface area contributed by atoms with E-state index in [4.69, 9.17) is 0 Å². The maximum Gasteiger partial charge on any atom is 0.251 e. The number of nitrogens with zero attached hydrogens (tertiary/aromatic N) is 1. The number of carbonyl (C=O) groups is 1. The van der Waals surface area contributed by atoms with Crippen LogP contribution < -0.4 is 5.32 Å². The van der Waals surface area contributed by atoms with Gasteiger partial charge in [0.25, 0.3) is 5.91 Å². The Labute approximate surface area is 127 Å². The van der Waals surface area contributed by atoms with Crippen LogP contribution in [-0.4, -0.2) is 43.2 Å². The predicted octanol–water partition coefficient (Wildman–Crippen LogP) is 2.03. The van der Waals surface area contributed by atoms with Crippen LogP contribution >= 0.6 is 0 Å². The molecule has 1 saturated carbocycles. The van der Waals surface area contributed by atoms with E-state index >= 15 is 0 Å². The summed E-state index contributed by atoms with van der Waals surface area (Å²) in [6.45, 7) is 1.60. The SMILES string of the molecule is CN(C)Cc1ccc(C(=O)NCC2(CO)CCCC2)cc1. The minimum Gasteiger partial charge on any atom is -0.396 e. The van der Waals surface area contributed by atoms with E-state index in [-0.39, 0.29) is 17.9 Å². The molecule has 21 heavy (non-hydrogen) atoms. The Hall–Kier alpha value is -1.39. The van der Waals surface area contributed by atoms with Crippen molar-refractivity contribution in [3.8, 4) is 0 Å². The van der Waals surface area contributed by atoms with Crippen molar-refractivity contribution in [2.45, 2.75) is 32.2 Å². The van der Waals surface area contributed by atoms with Crippen molar-refractivity contribution >= 4 is 5.91 Å². The highest BCUT2D eigenvalue weighted by molar-refractivity contribution is 5.94. The molecule has 1 amide bonds. The van der Waals surface area contributed by atoms with Crippen LogP contribution in [-0.2, 0) is 6.54 Å². The molecule has 4 heteroatoms. The van der Waals surface area contributed by atoms with Crippen molar-refractivity contribution in [2.24, 2.45) is 5.41 Å². The van der Waals surface area contributed by atoms with Crippen LogP contribution in [0, 0.1) is 5.41 Å². The van der Waals surface area contributed by atoms with Gasteiger partial charge in [0.15, 0.2) is 0 Å². The van der Waals surface area contributed by atoms with E-state index in [9.17, 15) is 9.90 Å². The molecule has 0 aromatic heterocycles. The number of nitrogens with one attached hydrogen (secondary N) is 1. The lowest BCUT2D eigenvalue weighted by Crippen LogP contribution is -2.38. The summed E-state index contributed by atoms with van der Waals surface area (Å²) >= 11 is 0. The zero-order chi connectivity index (χ0) is 15.3. The van der Waals surface area contributed by atoms with Gasteiger partial charge in [-0.15, -0.1) is 0 Å². The molecular formula is C17H26N2O2. The van der Waals surface area contributed by atoms with E-state index in [0.717, 1.165) is 32.2 Å². The van der Waals surface area contributed by atoms with Crippen molar-refractivity contribution in [2.75, 3.05) is 27.2 Å². The number of hydrogen-bond donors (Lipinski definition) is 2. The van der Waals surface area contributed by atoms with Gasteiger partial charge < -0.3 is 15.3 Å². The summed E-state index contributed by atoms with van der Waals surface area (Å²) in [6, 6.07) is 7.72. The summed E-state index contributed by atoms with van der Waals surface area (Å²) in [7, 11) is 4.05. The molecule has 116 valence electrons. The van der Waals surface area contributed by atoms with Crippen molar-refractivity contribution in [1.82, 2.24) is 10.2 Å². The van der Waals surface area contributed by atoms with Gasteiger partial charge in [-0.1, -0.05) is 25.0 Å². The Morgan fingerprint density at radius 2 is 1.86 bits per heavy atom. The monoisotopic (exact) mass is 290 g/mol. The summed E-state index contributed by atoms with van der Waals surface area (Å²) < 4.78 is 0. The molecule has 0 spiro atoms. The molecule has 4 nitrogen and oxygen atoms in total. The number of hydrogen-bond acceptors (Lipinski definition) is 3. The summed E-state index contributed by atoms with van der Waals surface area (Å²) in [5, 5.41) is 12.5. The number of rotatable bonds is 6. The molecule has 2 N–H and O–H groups in total. The Kier molecular flexibility index (Phi) is 5.37. The van der Waals surface area contributed by atoms with Gasteiger partial charge in [0.05, 0.1) is 6.61 Å². The van der Waals surface area contributed by atoms with Gasteiger partial charge in [0.1, 0.15) is 0 Å². The van der Waals surface area contributed by atoms with E-state index in [1.807, 2.05) is 38.4 Å². The summed E-state index contributed by atoms with van der Waals surface area (Å²) in [4.78, 5) is 14.3. The summed E-state index contributed by atoms with van der Waals surface area (Å²) in [5.74, 6) is -0.0499. The first-order chi connectivity index (χ1) is 10.0. The predicted molar refractivity (Wildman–Crippen MR) is 84.2 cm³/mol. The normalized spacial score (nSPS) is 17.1. The average molecular weight is 290 g/mol. The van der Waals surface area contributed by atoms with E-state index in [2.05, 4.69) is 10.2 Å². The lowest BCUT2D eigenvalue weighted by atomic mass is 9.87. The molecule has 0 radical (unpaired) electrons. The van der Waals surface area contributed by atoms with Crippen LogP contribution in [0.5, 0.6) is 0 Å². The zero-order valence-electron chi connectivity index (χ0n) is 13.1. The smallest absolute Gasteiger partial charge is 0.251 e. The lowest BCUT2D eigenvalue weighted by Gasteiger charge is -2.26. The highest BCUT2D eigenvalue weighted by atomic mass is 16.3. The average Bonchev–Trinajstić information content (AvgIpc) is 2.94. The van der Waals surface area contributed by atoms with Crippen molar-refractivity contribution in [3.63, 3.8) is 0 Å². The van der Waals surface area contributed by atoms with E-state index in [1.54, 1.807) is 0 Å². The molecule has 0 aliphatic heterocycles. The largest absolute Gasteiger partial charge is 0.396 e. The van der Waals surface area contributed by atoms with Gasteiger partial charge in [0, 0.05) is 24.1 Å². The molecule has 1 aliphatic rings. The molecular weight excluding hydrogens is 264 g/mol. The highest BCUT2D eigenvalue weighted by Crippen LogP contribution is 2.36. The third-order valence-corrected chi connectivity index (χ3v) is 4.34. The van der Waals surface area contributed by atoms with Crippen LogP contribution in [0.2, 0.25) is 0 Å². The van der Waals surface area contributed by atoms with E-state index < -0.39 is 0 Å². The molecule has 0 unspecified atom stereocenters. The fraction of sp³-hybridized carbons (Fsp3) is 0.588. The number of benzene rings is 1. The van der Waals surface area contributed by atoms with Crippen LogP contribution in [0.3, 0.4) is 0 Å². The summed E-state index contributed by atoms with van der Waals surface area (Å²) in [5.41, 5.74) is 1.78. The number of aliphatic hydroxyl groups is 1. The van der Waals surface area contributed by atoms with Crippen LogP contribution in [0.25, 0.3) is 0 Å². The molecule has 1 aliphatic carbocycles. The van der Waals surface area contributed by atoms with Gasteiger partial charge in [0.2, 0.25) is 0 Å². The minimum atomic E-state index is -0.0967. The molecule has 0 bridgehead atoms. The maximum atomic E-state index is 12.2. The van der Waals surface area contributed by atoms with Crippen molar-refractivity contribution in [3.05, 3.63) is 35.4 Å². The van der Waals surface area contributed by atoms with Gasteiger partial charge in [-0.05, 0) is 44.6 Å². The molecule has 0 atom stereocenters. The van der Waals surface area contributed by atoms with Gasteiger partial charge >= 0.3 is 0 Å². The second-order valence-corrected chi connectivity index (χ2v) is 6.48. The third kappa shape index (κ3) is 4.29. The first-order valence-corrected chi connectivity index (χ1v) is 7.67. The Morgan fingerprint density at radius 1 is 1.24 bits per heavy atom. The Bertz CT molecular complexity index is 462. The number of carbonyl (C=O) groups excluding carboxylic acids is 1. The lowest BCUT2D eigenvalue weighted by molar-refractivity contribution is 0.0880. The number of aliphatic hydroxyl groups excluding tert-OH is 1. The van der Waals surface area contributed by atoms with E-state index in [1.165, 1.54) is 5.56 Å². The third-order valence-electron chi connectivity index (χ3n) is 4.34. The molecule has 1 aromatic rings. The van der Waals surface area contributed by atoms with Crippen LogP contribution in [0.1, 0.15) is 41.6 Å². The fourth-order valence-corrected chi connectivity index (χ4v) is 3.01. The van der Waals surface area contributed by atoms with Gasteiger partial charge in [-0.25, -0.2) is 0 Å².